The summed E-state index contributed by atoms with van der Waals surface area (Å²) in [5.74, 6) is 0.884. The highest BCUT2D eigenvalue weighted by atomic mass is 32.2. The van der Waals surface area contributed by atoms with Crippen molar-refractivity contribution in [3.05, 3.63) is 59.7 Å². The number of benzene rings is 2. The molecule has 0 bridgehead atoms. The first-order valence-electron chi connectivity index (χ1n) is 9.67. The number of carbonyl (C=O) groups is 1. The van der Waals surface area contributed by atoms with Crippen LogP contribution in [0.1, 0.15) is 41.6 Å². The summed E-state index contributed by atoms with van der Waals surface area (Å²) >= 11 is 0. The quantitative estimate of drug-likeness (QED) is 0.791. The smallest absolute Gasteiger partial charge is 0.175 e. The van der Waals surface area contributed by atoms with Gasteiger partial charge in [-0.3, -0.25) is 9.69 Å². The molecular weight excluding hydrogens is 374 g/mol. The number of para-hydroxylation sites is 1. The molecule has 0 aromatic heterocycles. The molecule has 2 aliphatic heterocycles. The van der Waals surface area contributed by atoms with Gasteiger partial charge in [0.2, 0.25) is 0 Å². The summed E-state index contributed by atoms with van der Waals surface area (Å²) in [4.78, 5) is 15.3. The molecule has 2 aromatic rings. The van der Waals surface area contributed by atoms with Gasteiger partial charge in [-0.25, -0.2) is 8.42 Å². The number of fused-ring (bicyclic) bond motifs is 1. The van der Waals surface area contributed by atoms with E-state index in [0.717, 1.165) is 44.5 Å². The van der Waals surface area contributed by atoms with Gasteiger partial charge in [0.05, 0.1) is 16.9 Å². The molecule has 2 aliphatic rings. The Morgan fingerprint density at radius 3 is 2.54 bits per heavy atom. The van der Waals surface area contributed by atoms with E-state index in [4.69, 9.17) is 4.74 Å². The fourth-order valence-corrected chi connectivity index (χ4v) is 4.83. The predicted molar refractivity (Wildman–Crippen MR) is 107 cm³/mol. The monoisotopic (exact) mass is 399 g/mol. The maximum atomic E-state index is 12.6. The maximum Gasteiger partial charge on any atom is 0.175 e. The van der Waals surface area contributed by atoms with Crippen molar-refractivity contribution in [3.63, 3.8) is 0 Å². The Bertz CT molecular complexity index is 984. The highest BCUT2D eigenvalue weighted by Crippen LogP contribution is 2.39. The molecule has 0 radical (unpaired) electrons. The van der Waals surface area contributed by atoms with Crippen LogP contribution in [-0.2, 0) is 16.4 Å². The minimum atomic E-state index is -3.17. The van der Waals surface area contributed by atoms with Crippen LogP contribution in [0.15, 0.2) is 53.4 Å². The van der Waals surface area contributed by atoms with Gasteiger partial charge in [-0.15, -0.1) is 0 Å². The van der Waals surface area contributed by atoms with Crippen LogP contribution in [0.2, 0.25) is 0 Å². The molecular formula is C22H25NO4S. The van der Waals surface area contributed by atoms with E-state index in [1.54, 1.807) is 12.1 Å². The van der Waals surface area contributed by atoms with E-state index in [1.165, 1.54) is 6.26 Å². The summed E-state index contributed by atoms with van der Waals surface area (Å²) in [6, 6.07) is 14.6. The number of sulfone groups is 1. The summed E-state index contributed by atoms with van der Waals surface area (Å²) in [5.41, 5.74) is 1.38. The van der Waals surface area contributed by atoms with Gasteiger partial charge in [0.25, 0.3) is 0 Å². The third kappa shape index (κ3) is 3.98. The van der Waals surface area contributed by atoms with E-state index in [1.807, 2.05) is 36.4 Å². The number of nitrogens with zero attached hydrogens (tertiary/aromatic N) is 1. The molecule has 1 atom stereocenters. The summed E-state index contributed by atoms with van der Waals surface area (Å²) in [5, 5.41) is 0. The SMILES string of the molecule is CS(=O)(=O)c1ccc(CN2CCCC3(CC2)CC(=O)c2ccccc2O3)cc1. The van der Waals surface area contributed by atoms with Crippen LogP contribution in [0, 0.1) is 0 Å². The van der Waals surface area contributed by atoms with E-state index >= 15 is 0 Å². The molecule has 2 aromatic carbocycles. The van der Waals surface area contributed by atoms with Crippen molar-refractivity contribution in [1.29, 1.82) is 0 Å². The van der Waals surface area contributed by atoms with Gasteiger partial charge in [0.15, 0.2) is 15.6 Å². The molecule has 1 saturated heterocycles. The Kier molecular flexibility index (Phi) is 5.02. The van der Waals surface area contributed by atoms with Gasteiger partial charge in [-0.05, 0) is 49.2 Å². The lowest BCUT2D eigenvalue weighted by Crippen LogP contribution is -2.42. The van der Waals surface area contributed by atoms with E-state index in [-0.39, 0.29) is 5.78 Å². The van der Waals surface area contributed by atoms with Crippen molar-refractivity contribution >= 4 is 15.6 Å². The fraction of sp³-hybridized carbons (Fsp3) is 0.409. The van der Waals surface area contributed by atoms with E-state index in [0.29, 0.717) is 22.6 Å². The number of likely N-dealkylation sites (tertiary alicyclic amines) is 1. The molecule has 2 heterocycles. The maximum absolute atomic E-state index is 12.6. The third-order valence-electron chi connectivity index (χ3n) is 5.74. The Hall–Kier alpha value is -2.18. The second-order valence-electron chi connectivity index (χ2n) is 7.93. The van der Waals surface area contributed by atoms with Crippen molar-refractivity contribution in [1.82, 2.24) is 4.90 Å². The first kappa shape index (κ1) is 19.2. The van der Waals surface area contributed by atoms with Crippen molar-refractivity contribution < 1.29 is 17.9 Å². The number of hydrogen-bond donors (Lipinski definition) is 0. The lowest BCUT2D eigenvalue weighted by molar-refractivity contribution is 0.0299. The molecule has 1 fully saturated rings. The highest BCUT2D eigenvalue weighted by Gasteiger charge is 2.41. The van der Waals surface area contributed by atoms with Gasteiger partial charge < -0.3 is 4.74 Å². The summed E-state index contributed by atoms with van der Waals surface area (Å²) in [7, 11) is -3.17. The van der Waals surface area contributed by atoms with Gasteiger partial charge in [0.1, 0.15) is 11.4 Å². The van der Waals surface area contributed by atoms with E-state index < -0.39 is 15.4 Å². The minimum Gasteiger partial charge on any atom is -0.486 e. The van der Waals surface area contributed by atoms with Crippen molar-refractivity contribution in [3.8, 4) is 5.75 Å². The first-order valence-corrected chi connectivity index (χ1v) is 11.6. The van der Waals surface area contributed by atoms with Crippen LogP contribution in [0.3, 0.4) is 0 Å². The molecule has 6 heteroatoms. The van der Waals surface area contributed by atoms with Gasteiger partial charge in [-0.1, -0.05) is 24.3 Å². The zero-order valence-electron chi connectivity index (χ0n) is 16.1. The number of ether oxygens (including phenoxy) is 1. The van der Waals surface area contributed by atoms with E-state index in [2.05, 4.69) is 4.90 Å². The lowest BCUT2D eigenvalue weighted by atomic mass is 9.84. The second-order valence-corrected chi connectivity index (χ2v) is 9.94. The predicted octanol–water partition coefficient (Wildman–Crippen LogP) is 3.48. The van der Waals surface area contributed by atoms with Gasteiger partial charge >= 0.3 is 0 Å². The normalized spacial score (nSPS) is 23.1. The Morgan fingerprint density at radius 1 is 1.04 bits per heavy atom. The van der Waals surface area contributed by atoms with Crippen LogP contribution < -0.4 is 4.74 Å². The molecule has 148 valence electrons. The van der Waals surface area contributed by atoms with Crippen LogP contribution in [0.4, 0.5) is 0 Å². The molecule has 0 aliphatic carbocycles. The third-order valence-corrected chi connectivity index (χ3v) is 6.87. The number of ketones is 1. The van der Waals surface area contributed by atoms with Crippen LogP contribution in [0.5, 0.6) is 5.75 Å². The average molecular weight is 400 g/mol. The zero-order valence-corrected chi connectivity index (χ0v) is 16.9. The zero-order chi connectivity index (χ0) is 19.8. The van der Waals surface area contributed by atoms with Gasteiger partial charge in [0, 0.05) is 25.8 Å². The largest absolute Gasteiger partial charge is 0.486 e. The molecule has 28 heavy (non-hydrogen) atoms. The minimum absolute atomic E-state index is 0.173. The Morgan fingerprint density at radius 2 is 1.79 bits per heavy atom. The molecule has 0 N–H and O–H groups in total. The summed E-state index contributed by atoms with van der Waals surface area (Å²) in [6.45, 7) is 2.56. The summed E-state index contributed by atoms with van der Waals surface area (Å²) < 4.78 is 29.6. The number of carbonyl (C=O) groups excluding carboxylic acids is 1. The van der Waals surface area contributed by atoms with Crippen LogP contribution in [-0.4, -0.2) is 44.0 Å². The molecule has 1 unspecified atom stereocenters. The van der Waals surface area contributed by atoms with Crippen molar-refractivity contribution in [2.75, 3.05) is 19.3 Å². The topological polar surface area (TPSA) is 63.7 Å². The fourth-order valence-electron chi connectivity index (χ4n) is 4.20. The Balaban J connectivity index is 1.44. The van der Waals surface area contributed by atoms with E-state index in [9.17, 15) is 13.2 Å². The molecule has 0 saturated carbocycles. The number of rotatable bonds is 3. The van der Waals surface area contributed by atoms with Crippen molar-refractivity contribution in [2.24, 2.45) is 0 Å². The molecule has 1 spiro atoms. The molecule has 5 nitrogen and oxygen atoms in total. The van der Waals surface area contributed by atoms with Crippen LogP contribution >= 0.6 is 0 Å². The molecule has 0 amide bonds. The average Bonchev–Trinajstić information content (AvgIpc) is 2.84. The lowest BCUT2D eigenvalue weighted by Gasteiger charge is -2.37. The van der Waals surface area contributed by atoms with Crippen LogP contribution in [0.25, 0.3) is 0 Å². The number of hydrogen-bond acceptors (Lipinski definition) is 5. The van der Waals surface area contributed by atoms with Gasteiger partial charge in [-0.2, -0.15) is 0 Å². The first-order chi connectivity index (χ1) is 13.3. The standard InChI is InChI=1S/C22H25NO4S/c1-28(25,26)18-9-7-17(8-10-18)16-23-13-4-11-22(12-14-23)15-20(24)19-5-2-3-6-21(19)27-22/h2-3,5-10H,4,11-16H2,1H3. The summed E-state index contributed by atoms with van der Waals surface area (Å²) in [6.07, 6.45) is 4.32. The molecule has 4 rings (SSSR count). The number of Topliss-reactive ketones (excluding diaryl/α,β-unsaturated/α-hetero) is 1. The second kappa shape index (κ2) is 7.33. The highest BCUT2D eigenvalue weighted by molar-refractivity contribution is 7.90. The Labute approximate surface area is 166 Å². The van der Waals surface area contributed by atoms with Crippen molar-refractivity contribution in [2.45, 2.75) is 42.7 Å².